The van der Waals surface area contributed by atoms with E-state index < -0.39 is 23.6 Å². The molecular formula is C18H15F3N2O3. The van der Waals surface area contributed by atoms with Gasteiger partial charge >= 0.3 is 12.1 Å². The number of nitrogens with zero attached hydrogens (tertiary/aromatic N) is 1. The predicted octanol–water partition coefficient (Wildman–Crippen LogP) is 3.38. The molecule has 0 unspecified atom stereocenters. The molecule has 26 heavy (non-hydrogen) atoms. The Hall–Kier alpha value is -3.03. The number of nitrogens with one attached hydrogen (secondary N) is 1. The second kappa shape index (κ2) is 6.70. The Labute approximate surface area is 147 Å². The zero-order chi connectivity index (χ0) is 18.9. The average Bonchev–Trinajstić information content (AvgIpc) is 2.53. The van der Waals surface area contributed by atoms with Gasteiger partial charge in [-0.3, -0.25) is 4.79 Å². The first kappa shape index (κ1) is 17.8. The molecule has 1 amide bonds. The molecule has 1 heterocycles. The van der Waals surface area contributed by atoms with Crippen LogP contribution in [0.25, 0.3) is 0 Å². The highest BCUT2D eigenvalue weighted by atomic mass is 19.4. The second-order valence-electron chi connectivity index (χ2n) is 5.92. The van der Waals surface area contributed by atoms with Crippen molar-refractivity contribution in [3.63, 3.8) is 0 Å². The van der Waals surface area contributed by atoms with E-state index in [9.17, 15) is 22.8 Å². The van der Waals surface area contributed by atoms with Crippen LogP contribution in [0.5, 0.6) is 5.75 Å². The Kier molecular flexibility index (Phi) is 4.58. The zero-order valence-corrected chi connectivity index (χ0v) is 13.8. The highest BCUT2D eigenvalue weighted by Crippen LogP contribution is 2.33. The molecule has 0 saturated carbocycles. The molecule has 2 aromatic carbocycles. The van der Waals surface area contributed by atoms with Crippen LogP contribution in [0.4, 0.5) is 24.5 Å². The quantitative estimate of drug-likeness (QED) is 0.670. The Balaban J connectivity index is 1.70. The van der Waals surface area contributed by atoms with Gasteiger partial charge in [0.2, 0.25) is 5.91 Å². The van der Waals surface area contributed by atoms with Gasteiger partial charge in [0.05, 0.1) is 17.8 Å². The molecule has 0 bridgehead atoms. The van der Waals surface area contributed by atoms with Crippen molar-refractivity contribution in [1.82, 2.24) is 0 Å². The molecule has 3 rings (SSSR count). The maximum atomic E-state index is 12.6. The van der Waals surface area contributed by atoms with Crippen LogP contribution in [0, 0.1) is 6.92 Å². The number of alkyl halides is 3. The van der Waals surface area contributed by atoms with Crippen LogP contribution in [0.1, 0.15) is 11.1 Å². The predicted molar refractivity (Wildman–Crippen MR) is 89.1 cm³/mol. The highest BCUT2D eigenvalue weighted by Gasteiger charge is 2.30. The summed E-state index contributed by atoms with van der Waals surface area (Å²) in [5.74, 6) is -0.556. The van der Waals surface area contributed by atoms with E-state index in [-0.39, 0.29) is 18.8 Å². The van der Waals surface area contributed by atoms with Gasteiger partial charge in [-0.1, -0.05) is 6.07 Å². The minimum atomic E-state index is -4.43. The van der Waals surface area contributed by atoms with Crippen LogP contribution in [-0.4, -0.2) is 25.0 Å². The molecule has 0 spiro atoms. The van der Waals surface area contributed by atoms with Gasteiger partial charge in [0.25, 0.3) is 0 Å². The Morgan fingerprint density at radius 1 is 1.19 bits per heavy atom. The van der Waals surface area contributed by atoms with E-state index in [2.05, 4.69) is 5.32 Å². The molecule has 0 aliphatic carbocycles. The minimum absolute atomic E-state index is 0.0868. The molecule has 1 N–H and O–H groups in total. The molecule has 136 valence electrons. The SMILES string of the molecule is Cc1ccc2c(c1)OC(=O)CN2CC(=O)Nc1ccc(C(F)(F)F)cc1. The standard InChI is InChI=1S/C18H15F3N2O3/c1-11-2-7-14-15(8-11)26-17(25)10-23(14)9-16(24)22-13-5-3-12(4-6-13)18(19,20)21/h2-8H,9-10H2,1H3,(H,22,24). The lowest BCUT2D eigenvalue weighted by molar-refractivity contribution is -0.137. The number of esters is 1. The molecule has 1 aliphatic heterocycles. The van der Waals surface area contributed by atoms with Gasteiger partial charge < -0.3 is 15.0 Å². The van der Waals surface area contributed by atoms with E-state index >= 15 is 0 Å². The zero-order valence-electron chi connectivity index (χ0n) is 13.8. The molecule has 8 heteroatoms. The number of fused-ring (bicyclic) bond motifs is 1. The first-order chi connectivity index (χ1) is 12.2. The van der Waals surface area contributed by atoms with E-state index in [0.717, 1.165) is 17.7 Å². The number of anilines is 2. The summed E-state index contributed by atoms with van der Waals surface area (Å²) in [7, 11) is 0. The van der Waals surface area contributed by atoms with E-state index in [1.807, 2.05) is 13.0 Å². The smallest absolute Gasteiger partial charge is 0.416 e. The number of hydrogen-bond acceptors (Lipinski definition) is 4. The number of halogens is 3. The Bertz CT molecular complexity index is 848. The van der Waals surface area contributed by atoms with E-state index in [4.69, 9.17) is 4.74 Å². The molecule has 0 fully saturated rings. The summed E-state index contributed by atoms with van der Waals surface area (Å²) in [5, 5.41) is 2.52. The summed E-state index contributed by atoms with van der Waals surface area (Å²) < 4.78 is 42.8. The summed E-state index contributed by atoms with van der Waals surface area (Å²) in [6.45, 7) is 1.63. The van der Waals surface area contributed by atoms with Gasteiger partial charge in [0.15, 0.2) is 5.75 Å². The normalized spacial score (nSPS) is 13.8. The van der Waals surface area contributed by atoms with Gasteiger partial charge in [0, 0.05) is 5.69 Å². The molecule has 5 nitrogen and oxygen atoms in total. The fourth-order valence-corrected chi connectivity index (χ4v) is 2.62. The summed E-state index contributed by atoms with van der Waals surface area (Å²) in [4.78, 5) is 25.5. The summed E-state index contributed by atoms with van der Waals surface area (Å²) in [6.07, 6.45) is -4.43. The van der Waals surface area contributed by atoms with Crippen molar-refractivity contribution in [3.8, 4) is 5.75 Å². The fraction of sp³-hybridized carbons (Fsp3) is 0.222. The molecule has 0 atom stereocenters. The van der Waals surface area contributed by atoms with Crippen molar-refractivity contribution in [3.05, 3.63) is 53.6 Å². The minimum Gasteiger partial charge on any atom is -0.423 e. The first-order valence-corrected chi connectivity index (χ1v) is 7.76. The Morgan fingerprint density at radius 2 is 1.88 bits per heavy atom. The number of rotatable bonds is 3. The molecule has 0 aromatic heterocycles. The van der Waals surface area contributed by atoms with Crippen LogP contribution in [0.3, 0.4) is 0 Å². The number of hydrogen-bond donors (Lipinski definition) is 1. The van der Waals surface area contributed by atoms with Crippen molar-refractivity contribution >= 4 is 23.3 Å². The van der Waals surface area contributed by atoms with Crippen LogP contribution >= 0.6 is 0 Å². The number of aryl methyl sites for hydroxylation is 1. The lowest BCUT2D eigenvalue weighted by Crippen LogP contribution is -2.41. The third kappa shape index (κ3) is 3.96. The lowest BCUT2D eigenvalue weighted by atomic mass is 10.1. The third-order valence-electron chi connectivity index (χ3n) is 3.83. The van der Waals surface area contributed by atoms with Crippen molar-refractivity contribution in [1.29, 1.82) is 0 Å². The Morgan fingerprint density at radius 3 is 2.54 bits per heavy atom. The highest BCUT2D eigenvalue weighted by molar-refractivity contribution is 5.96. The monoisotopic (exact) mass is 364 g/mol. The lowest BCUT2D eigenvalue weighted by Gasteiger charge is -2.29. The number of amides is 1. The van der Waals surface area contributed by atoms with Crippen molar-refractivity contribution < 1.29 is 27.5 Å². The maximum Gasteiger partial charge on any atom is 0.416 e. The van der Waals surface area contributed by atoms with E-state index in [1.165, 1.54) is 12.1 Å². The molecule has 1 aliphatic rings. The molecule has 2 aromatic rings. The van der Waals surface area contributed by atoms with Crippen LogP contribution in [-0.2, 0) is 15.8 Å². The summed E-state index contributed by atoms with van der Waals surface area (Å²) in [5.41, 5.74) is 0.968. The average molecular weight is 364 g/mol. The maximum absolute atomic E-state index is 12.6. The second-order valence-corrected chi connectivity index (χ2v) is 5.92. The van der Waals surface area contributed by atoms with Crippen molar-refractivity contribution in [2.45, 2.75) is 13.1 Å². The fourth-order valence-electron chi connectivity index (χ4n) is 2.62. The largest absolute Gasteiger partial charge is 0.423 e. The summed E-state index contributed by atoms with van der Waals surface area (Å²) in [6, 6.07) is 9.44. The number of carbonyl (C=O) groups is 2. The number of benzene rings is 2. The first-order valence-electron chi connectivity index (χ1n) is 7.76. The van der Waals surface area contributed by atoms with E-state index in [0.29, 0.717) is 11.4 Å². The molecular weight excluding hydrogens is 349 g/mol. The molecule has 0 radical (unpaired) electrons. The van der Waals surface area contributed by atoms with Crippen molar-refractivity contribution in [2.24, 2.45) is 0 Å². The van der Waals surface area contributed by atoms with E-state index in [1.54, 1.807) is 17.0 Å². The van der Waals surface area contributed by atoms with Crippen molar-refractivity contribution in [2.75, 3.05) is 23.3 Å². The topological polar surface area (TPSA) is 58.6 Å². The van der Waals surface area contributed by atoms with Gasteiger partial charge in [-0.25, -0.2) is 4.79 Å². The molecule has 0 saturated heterocycles. The summed E-state index contributed by atoms with van der Waals surface area (Å²) >= 11 is 0. The number of ether oxygens (including phenoxy) is 1. The number of carbonyl (C=O) groups excluding carboxylic acids is 2. The van der Waals surface area contributed by atoms with Gasteiger partial charge in [-0.2, -0.15) is 13.2 Å². The van der Waals surface area contributed by atoms with Gasteiger partial charge in [-0.15, -0.1) is 0 Å². The van der Waals surface area contributed by atoms with Crippen LogP contribution < -0.4 is 15.0 Å². The van der Waals surface area contributed by atoms with Crippen LogP contribution in [0.2, 0.25) is 0 Å². The van der Waals surface area contributed by atoms with Gasteiger partial charge in [-0.05, 0) is 48.9 Å². The van der Waals surface area contributed by atoms with Gasteiger partial charge in [0.1, 0.15) is 6.54 Å². The third-order valence-corrected chi connectivity index (χ3v) is 3.83. The van der Waals surface area contributed by atoms with Crippen LogP contribution in [0.15, 0.2) is 42.5 Å².